The van der Waals surface area contributed by atoms with Crippen molar-refractivity contribution >= 4 is 50.7 Å². The van der Waals surface area contributed by atoms with Gasteiger partial charge in [0.15, 0.2) is 0 Å². The summed E-state index contributed by atoms with van der Waals surface area (Å²) < 4.78 is 5.01. The zero-order chi connectivity index (χ0) is 18.3. The van der Waals surface area contributed by atoms with E-state index in [2.05, 4.69) is 25.6 Å². The predicted molar refractivity (Wildman–Crippen MR) is 103 cm³/mol. The van der Waals surface area contributed by atoms with Gasteiger partial charge >= 0.3 is 6.03 Å². The highest BCUT2D eigenvalue weighted by atomic mass is 35.5. The van der Waals surface area contributed by atoms with Gasteiger partial charge in [0.25, 0.3) is 0 Å². The van der Waals surface area contributed by atoms with Crippen molar-refractivity contribution in [3.05, 3.63) is 34.1 Å². The maximum atomic E-state index is 12.4. The Hall–Kier alpha value is -2.45. The molecule has 3 aromatic rings. The molecule has 1 aliphatic carbocycles. The van der Waals surface area contributed by atoms with Crippen molar-refractivity contribution < 1.29 is 9.53 Å². The van der Waals surface area contributed by atoms with Gasteiger partial charge in [0, 0.05) is 5.56 Å². The van der Waals surface area contributed by atoms with E-state index in [1.807, 2.05) is 6.92 Å². The highest BCUT2D eigenvalue weighted by molar-refractivity contribution is 7.18. The third-order valence-corrected chi connectivity index (χ3v) is 5.21. The first-order valence-corrected chi connectivity index (χ1v) is 9.28. The minimum atomic E-state index is -0.386. The molecule has 0 spiro atoms. The number of carbonyl (C=O) groups is 1. The van der Waals surface area contributed by atoms with Crippen molar-refractivity contribution in [2.45, 2.75) is 25.7 Å². The number of aromatic nitrogens is 3. The van der Waals surface area contributed by atoms with Crippen LogP contribution in [-0.2, 0) is 0 Å². The first kappa shape index (κ1) is 17.0. The third-order valence-electron chi connectivity index (χ3n) is 4.06. The summed E-state index contributed by atoms with van der Waals surface area (Å²) in [5.41, 5.74) is 3.12. The number of ether oxygens (including phenoxy) is 1. The number of hydrogen-bond donors (Lipinski definition) is 2. The van der Waals surface area contributed by atoms with Crippen molar-refractivity contribution in [1.82, 2.24) is 15.0 Å². The number of anilines is 2. The fourth-order valence-corrected chi connectivity index (χ4v) is 3.83. The van der Waals surface area contributed by atoms with Crippen LogP contribution in [0, 0.1) is 6.92 Å². The summed E-state index contributed by atoms with van der Waals surface area (Å²) in [6.07, 6.45) is 5.39. The molecule has 1 fully saturated rings. The summed E-state index contributed by atoms with van der Waals surface area (Å²) in [7, 11) is 1.48. The number of rotatable bonds is 4. The number of nitrogens with zero attached hydrogens (tertiary/aromatic N) is 3. The average molecular weight is 390 g/mol. The molecule has 26 heavy (non-hydrogen) atoms. The number of methoxy groups -OCH3 is 1. The molecule has 4 rings (SSSR count). The van der Waals surface area contributed by atoms with Gasteiger partial charge in [-0.2, -0.15) is 0 Å². The number of carbonyl (C=O) groups excluding carboxylic acids is 1. The van der Waals surface area contributed by atoms with Gasteiger partial charge in [-0.15, -0.1) is 0 Å². The average Bonchev–Trinajstić information content (AvgIpc) is 3.35. The fraction of sp³-hybridized carbons (Fsp3) is 0.294. The van der Waals surface area contributed by atoms with E-state index in [-0.39, 0.29) is 6.03 Å². The lowest BCUT2D eigenvalue weighted by molar-refractivity contribution is 0.262. The first-order valence-electron chi connectivity index (χ1n) is 8.08. The summed E-state index contributed by atoms with van der Waals surface area (Å²) in [6, 6.07) is 1.20. The van der Waals surface area contributed by atoms with E-state index in [0.29, 0.717) is 28.2 Å². The minimum Gasteiger partial charge on any atom is -0.480 e. The number of pyridine rings is 2. The number of urea groups is 1. The second-order valence-corrected chi connectivity index (χ2v) is 7.63. The molecule has 134 valence electrons. The smallest absolute Gasteiger partial charge is 0.323 e. The Morgan fingerprint density at radius 1 is 1.31 bits per heavy atom. The molecule has 0 saturated heterocycles. The maximum absolute atomic E-state index is 12.4. The normalized spacial score (nSPS) is 13.7. The summed E-state index contributed by atoms with van der Waals surface area (Å²) >= 11 is 7.60. The molecule has 2 N–H and O–H groups in total. The van der Waals surface area contributed by atoms with Crippen molar-refractivity contribution in [2.75, 3.05) is 17.7 Å². The van der Waals surface area contributed by atoms with E-state index >= 15 is 0 Å². The topological polar surface area (TPSA) is 89.0 Å². The Labute approximate surface area is 158 Å². The molecule has 1 aliphatic rings. The number of fused-ring (bicyclic) bond motifs is 1. The SMILES string of the molecule is COc1ncc(NC(=O)Nc2cnc3sc(C)nc3c2C2CC2)cc1Cl. The quantitative estimate of drug-likeness (QED) is 0.681. The molecule has 3 heterocycles. The summed E-state index contributed by atoms with van der Waals surface area (Å²) in [5, 5.41) is 6.90. The van der Waals surface area contributed by atoms with Crippen LogP contribution in [0.5, 0.6) is 5.88 Å². The van der Waals surface area contributed by atoms with Crippen LogP contribution in [0.15, 0.2) is 18.5 Å². The maximum Gasteiger partial charge on any atom is 0.323 e. The Kier molecular flexibility index (Phi) is 4.37. The standard InChI is InChI=1S/C17H16ClN5O2S/c1-8-21-14-13(9-3-4-9)12(7-20-16(14)26-8)23-17(24)22-10-5-11(18)15(25-2)19-6-10/h5-7,9H,3-4H2,1-2H3,(H2,22,23,24). The lowest BCUT2D eigenvalue weighted by Crippen LogP contribution is -2.20. The van der Waals surface area contributed by atoms with Crippen LogP contribution in [0.2, 0.25) is 5.02 Å². The van der Waals surface area contributed by atoms with Gasteiger partial charge in [-0.05, 0) is 31.7 Å². The van der Waals surface area contributed by atoms with E-state index in [9.17, 15) is 4.79 Å². The molecular weight excluding hydrogens is 374 g/mol. The minimum absolute atomic E-state index is 0.308. The Balaban J connectivity index is 1.58. The predicted octanol–water partition coefficient (Wildman–Crippen LogP) is 4.58. The molecule has 9 heteroatoms. The van der Waals surface area contributed by atoms with E-state index in [0.717, 1.165) is 33.8 Å². The molecule has 3 aromatic heterocycles. The van der Waals surface area contributed by atoms with E-state index in [1.54, 1.807) is 23.6 Å². The molecule has 1 saturated carbocycles. The first-order chi connectivity index (χ1) is 12.5. The lowest BCUT2D eigenvalue weighted by Gasteiger charge is -2.12. The molecular formula is C17H16ClN5O2S. The number of amides is 2. The fourth-order valence-electron chi connectivity index (χ4n) is 2.81. The molecule has 0 aliphatic heterocycles. The van der Waals surface area contributed by atoms with Gasteiger partial charge in [0.2, 0.25) is 5.88 Å². The molecule has 7 nitrogen and oxygen atoms in total. The second kappa shape index (κ2) is 6.69. The highest BCUT2D eigenvalue weighted by Crippen LogP contribution is 2.46. The molecule has 0 atom stereocenters. The molecule has 0 aromatic carbocycles. The molecule has 0 radical (unpaired) electrons. The number of aryl methyl sites for hydroxylation is 1. The molecule has 0 bridgehead atoms. The zero-order valence-electron chi connectivity index (χ0n) is 14.2. The summed E-state index contributed by atoms with van der Waals surface area (Å²) in [6.45, 7) is 1.96. The summed E-state index contributed by atoms with van der Waals surface area (Å²) in [4.78, 5) is 26.4. The lowest BCUT2D eigenvalue weighted by atomic mass is 10.1. The van der Waals surface area contributed by atoms with Crippen LogP contribution in [0.4, 0.5) is 16.2 Å². The number of halogens is 1. The molecule has 2 amide bonds. The van der Waals surface area contributed by atoms with Crippen LogP contribution < -0.4 is 15.4 Å². The molecule has 0 unspecified atom stereocenters. The van der Waals surface area contributed by atoms with Gasteiger partial charge in [-0.1, -0.05) is 22.9 Å². The largest absolute Gasteiger partial charge is 0.480 e. The summed E-state index contributed by atoms with van der Waals surface area (Å²) in [5.74, 6) is 0.733. The third kappa shape index (κ3) is 3.30. The van der Waals surface area contributed by atoms with E-state index < -0.39 is 0 Å². The number of hydrogen-bond acceptors (Lipinski definition) is 6. The van der Waals surface area contributed by atoms with Crippen molar-refractivity contribution in [3.8, 4) is 5.88 Å². The van der Waals surface area contributed by atoms with Gasteiger partial charge < -0.3 is 15.4 Å². The zero-order valence-corrected chi connectivity index (χ0v) is 15.7. The number of thiazole rings is 1. The van der Waals surface area contributed by atoms with Crippen LogP contribution in [-0.4, -0.2) is 28.1 Å². The second-order valence-electron chi connectivity index (χ2n) is 6.04. The van der Waals surface area contributed by atoms with Crippen molar-refractivity contribution in [1.29, 1.82) is 0 Å². The number of nitrogens with one attached hydrogen (secondary N) is 2. The monoisotopic (exact) mass is 389 g/mol. The van der Waals surface area contributed by atoms with Crippen LogP contribution in [0.1, 0.15) is 29.3 Å². The van der Waals surface area contributed by atoms with Crippen LogP contribution in [0.3, 0.4) is 0 Å². The van der Waals surface area contributed by atoms with E-state index in [1.165, 1.54) is 13.3 Å². The van der Waals surface area contributed by atoms with Crippen LogP contribution in [0.25, 0.3) is 10.3 Å². The Morgan fingerprint density at radius 2 is 2.12 bits per heavy atom. The van der Waals surface area contributed by atoms with Crippen molar-refractivity contribution in [2.24, 2.45) is 0 Å². The van der Waals surface area contributed by atoms with Gasteiger partial charge in [-0.3, -0.25) is 0 Å². The van der Waals surface area contributed by atoms with Crippen molar-refractivity contribution in [3.63, 3.8) is 0 Å². The Morgan fingerprint density at radius 3 is 2.81 bits per heavy atom. The van der Waals surface area contributed by atoms with E-state index in [4.69, 9.17) is 16.3 Å². The van der Waals surface area contributed by atoms with Gasteiger partial charge in [0.05, 0.1) is 35.9 Å². The van der Waals surface area contributed by atoms with Crippen LogP contribution >= 0.6 is 22.9 Å². The van der Waals surface area contributed by atoms with Gasteiger partial charge in [-0.25, -0.2) is 19.7 Å². The highest BCUT2D eigenvalue weighted by Gasteiger charge is 2.30. The van der Waals surface area contributed by atoms with Gasteiger partial charge in [0.1, 0.15) is 15.4 Å². The Bertz CT molecular complexity index is 1000.